The summed E-state index contributed by atoms with van der Waals surface area (Å²) in [5.41, 5.74) is -0.104. The topological polar surface area (TPSA) is 90.8 Å². The zero-order valence-electron chi connectivity index (χ0n) is 10.6. The maximum Gasteiger partial charge on any atom is 0.355 e. The molecule has 8 heteroatoms. The average molecular weight is 295 g/mol. The van der Waals surface area contributed by atoms with Gasteiger partial charge in [-0.2, -0.15) is 0 Å². The molecule has 2 amide bonds. The Morgan fingerprint density at radius 2 is 2.20 bits per heavy atom. The second-order valence-corrected chi connectivity index (χ2v) is 5.73. The Bertz CT molecular complexity index is 585. The molecule has 0 aromatic carbocycles. The van der Waals surface area contributed by atoms with Crippen LogP contribution in [-0.2, 0) is 4.79 Å². The van der Waals surface area contributed by atoms with Crippen LogP contribution < -0.4 is 0 Å². The van der Waals surface area contributed by atoms with Crippen LogP contribution in [0.3, 0.4) is 0 Å². The summed E-state index contributed by atoms with van der Waals surface area (Å²) in [6, 6.07) is 0.0964. The van der Waals surface area contributed by atoms with Crippen molar-refractivity contribution in [3.8, 4) is 0 Å². The number of rotatable bonds is 2. The first-order chi connectivity index (χ1) is 9.56. The van der Waals surface area contributed by atoms with Crippen LogP contribution in [0.5, 0.6) is 0 Å². The molecule has 1 N–H and O–H groups in total. The molecule has 0 spiro atoms. The van der Waals surface area contributed by atoms with Gasteiger partial charge in [0.15, 0.2) is 10.7 Å². The average Bonchev–Trinajstić information content (AvgIpc) is 3.05. The highest BCUT2D eigenvalue weighted by molar-refractivity contribution is 7.11. The number of carboxylic acid groups (broad SMARTS) is 1. The van der Waals surface area contributed by atoms with Gasteiger partial charge >= 0.3 is 5.97 Å². The third-order valence-electron chi connectivity index (χ3n) is 3.69. The highest BCUT2D eigenvalue weighted by Gasteiger charge is 2.37. The van der Waals surface area contributed by atoms with Crippen LogP contribution in [0.4, 0.5) is 0 Å². The van der Waals surface area contributed by atoms with Crippen LogP contribution in [-0.4, -0.2) is 63.4 Å². The largest absolute Gasteiger partial charge is 0.476 e. The molecular weight excluding hydrogens is 282 g/mol. The summed E-state index contributed by atoms with van der Waals surface area (Å²) in [6.07, 6.45) is 1.33. The predicted molar refractivity (Wildman–Crippen MR) is 69.7 cm³/mol. The quantitative estimate of drug-likeness (QED) is 0.846. The second kappa shape index (κ2) is 4.86. The molecule has 7 nitrogen and oxygen atoms in total. The van der Waals surface area contributed by atoms with Gasteiger partial charge in [0.1, 0.15) is 0 Å². The molecule has 106 valence electrons. The number of piperazine rings is 1. The SMILES string of the molecule is O=C(O)c1csc(C(=O)N2CCN3C(=O)CCC3C2)n1. The minimum absolute atomic E-state index is 0.0964. The molecule has 2 fully saturated rings. The highest BCUT2D eigenvalue weighted by Crippen LogP contribution is 2.24. The van der Waals surface area contributed by atoms with Gasteiger partial charge in [0.05, 0.1) is 0 Å². The van der Waals surface area contributed by atoms with E-state index in [0.29, 0.717) is 26.1 Å². The van der Waals surface area contributed by atoms with E-state index in [-0.39, 0.29) is 28.6 Å². The fourth-order valence-corrected chi connectivity index (χ4v) is 3.41. The van der Waals surface area contributed by atoms with Gasteiger partial charge in [0.2, 0.25) is 5.91 Å². The number of carbonyl (C=O) groups is 3. The van der Waals surface area contributed by atoms with Crippen LogP contribution in [0.25, 0.3) is 0 Å². The zero-order valence-corrected chi connectivity index (χ0v) is 11.4. The summed E-state index contributed by atoms with van der Waals surface area (Å²) in [6.45, 7) is 1.53. The maximum atomic E-state index is 12.3. The van der Waals surface area contributed by atoms with Gasteiger partial charge in [-0.05, 0) is 6.42 Å². The van der Waals surface area contributed by atoms with Gasteiger partial charge < -0.3 is 14.9 Å². The van der Waals surface area contributed by atoms with E-state index in [1.807, 2.05) is 4.90 Å². The monoisotopic (exact) mass is 295 g/mol. The van der Waals surface area contributed by atoms with E-state index in [4.69, 9.17) is 5.11 Å². The Hall–Kier alpha value is -1.96. The number of hydrogen-bond donors (Lipinski definition) is 1. The number of aromatic nitrogens is 1. The molecular formula is C12H13N3O4S. The number of fused-ring (bicyclic) bond motifs is 1. The number of carboxylic acids is 1. The minimum Gasteiger partial charge on any atom is -0.476 e. The van der Waals surface area contributed by atoms with E-state index in [2.05, 4.69) is 4.98 Å². The van der Waals surface area contributed by atoms with Gasteiger partial charge in [-0.25, -0.2) is 9.78 Å². The van der Waals surface area contributed by atoms with Crippen LogP contribution in [0.1, 0.15) is 33.1 Å². The molecule has 1 atom stereocenters. The predicted octanol–water partition coefficient (Wildman–Crippen LogP) is 0.288. The summed E-state index contributed by atoms with van der Waals surface area (Å²) in [5.74, 6) is -1.22. The van der Waals surface area contributed by atoms with Crippen molar-refractivity contribution in [1.82, 2.24) is 14.8 Å². The van der Waals surface area contributed by atoms with E-state index in [1.54, 1.807) is 4.90 Å². The Balaban J connectivity index is 1.71. The summed E-state index contributed by atoms with van der Waals surface area (Å²) >= 11 is 1.04. The molecule has 0 saturated carbocycles. The summed E-state index contributed by atoms with van der Waals surface area (Å²) in [4.78, 5) is 42.0. The number of nitrogens with zero attached hydrogens (tertiary/aromatic N) is 3. The van der Waals surface area contributed by atoms with Gasteiger partial charge in [0, 0.05) is 37.5 Å². The molecule has 0 aliphatic carbocycles. The smallest absolute Gasteiger partial charge is 0.355 e. The summed E-state index contributed by atoms with van der Waals surface area (Å²) in [7, 11) is 0. The highest BCUT2D eigenvalue weighted by atomic mass is 32.1. The van der Waals surface area contributed by atoms with E-state index in [1.165, 1.54) is 5.38 Å². The van der Waals surface area contributed by atoms with Crippen LogP contribution >= 0.6 is 11.3 Å². The van der Waals surface area contributed by atoms with Crippen molar-refractivity contribution >= 4 is 29.1 Å². The summed E-state index contributed by atoms with van der Waals surface area (Å²) < 4.78 is 0. The van der Waals surface area contributed by atoms with Gasteiger partial charge in [0.25, 0.3) is 5.91 Å². The van der Waals surface area contributed by atoms with Crippen molar-refractivity contribution in [3.63, 3.8) is 0 Å². The van der Waals surface area contributed by atoms with Crippen molar-refractivity contribution in [3.05, 3.63) is 16.1 Å². The van der Waals surface area contributed by atoms with Gasteiger partial charge in [-0.1, -0.05) is 0 Å². The normalized spacial score (nSPS) is 22.0. The Morgan fingerprint density at radius 3 is 2.90 bits per heavy atom. The molecule has 2 saturated heterocycles. The molecule has 3 rings (SSSR count). The number of hydrogen-bond acceptors (Lipinski definition) is 5. The van der Waals surface area contributed by atoms with Crippen LogP contribution in [0, 0.1) is 0 Å². The number of amides is 2. The molecule has 1 aromatic heterocycles. The Kier molecular flexibility index (Phi) is 3.17. The van der Waals surface area contributed by atoms with Gasteiger partial charge in [-0.15, -0.1) is 11.3 Å². The lowest BCUT2D eigenvalue weighted by Crippen LogP contribution is -2.53. The number of carbonyl (C=O) groups excluding carboxylic acids is 2. The van der Waals surface area contributed by atoms with Gasteiger partial charge in [-0.3, -0.25) is 9.59 Å². The Labute approximate surface area is 118 Å². The van der Waals surface area contributed by atoms with Crippen molar-refractivity contribution in [2.45, 2.75) is 18.9 Å². The molecule has 2 aliphatic rings. The molecule has 20 heavy (non-hydrogen) atoms. The first-order valence-electron chi connectivity index (χ1n) is 6.34. The minimum atomic E-state index is -1.13. The van der Waals surface area contributed by atoms with Crippen LogP contribution in [0.15, 0.2) is 5.38 Å². The van der Waals surface area contributed by atoms with Crippen molar-refractivity contribution in [2.24, 2.45) is 0 Å². The molecule has 0 bridgehead atoms. The standard InChI is InChI=1S/C12H13N3O4S/c16-9-2-1-7-5-14(3-4-15(7)9)11(17)10-13-8(6-20-10)12(18)19/h6-7H,1-5H2,(H,18,19). The molecule has 0 radical (unpaired) electrons. The fourth-order valence-electron chi connectivity index (χ4n) is 2.65. The first-order valence-corrected chi connectivity index (χ1v) is 7.22. The van der Waals surface area contributed by atoms with E-state index in [0.717, 1.165) is 17.8 Å². The lowest BCUT2D eigenvalue weighted by molar-refractivity contribution is -0.130. The zero-order chi connectivity index (χ0) is 14.3. The molecule has 3 heterocycles. The number of aromatic carboxylic acids is 1. The fraction of sp³-hybridized carbons (Fsp3) is 0.500. The maximum absolute atomic E-state index is 12.3. The molecule has 1 unspecified atom stereocenters. The van der Waals surface area contributed by atoms with E-state index < -0.39 is 5.97 Å². The Morgan fingerprint density at radius 1 is 1.40 bits per heavy atom. The van der Waals surface area contributed by atoms with E-state index >= 15 is 0 Å². The van der Waals surface area contributed by atoms with E-state index in [9.17, 15) is 14.4 Å². The summed E-state index contributed by atoms with van der Waals surface area (Å²) in [5, 5.41) is 10.4. The van der Waals surface area contributed by atoms with Crippen molar-refractivity contribution in [1.29, 1.82) is 0 Å². The van der Waals surface area contributed by atoms with Crippen molar-refractivity contribution < 1.29 is 19.5 Å². The molecule has 1 aromatic rings. The third-order valence-corrected chi connectivity index (χ3v) is 4.52. The first kappa shape index (κ1) is 13.0. The third kappa shape index (κ3) is 2.15. The molecule has 2 aliphatic heterocycles. The number of thiazole rings is 1. The lowest BCUT2D eigenvalue weighted by Gasteiger charge is -2.37. The lowest BCUT2D eigenvalue weighted by atomic mass is 10.1. The van der Waals surface area contributed by atoms with Crippen LogP contribution in [0.2, 0.25) is 0 Å². The second-order valence-electron chi connectivity index (χ2n) is 4.87. The van der Waals surface area contributed by atoms with Crippen molar-refractivity contribution in [2.75, 3.05) is 19.6 Å².